The lowest BCUT2D eigenvalue weighted by molar-refractivity contribution is -0.121. The van der Waals surface area contributed by atoms with Gasteiger partial charge in [-0.2, -0.15) is 0 Å². The standard InChI is InChI=1S/C11H13NO/c1-9(13)11(4-5-11)8-10-2-6-12-7-3-10/h2-3,6-7H,4-5,8H2,1H3. The molecule has 1 aromatic rings. The van der Waals surface area contributed by atoms with Crippen LogP contribution in [0.2, 0.25) is 0 Å². The van der Waals surface area contributed by atoms with Gasteiger partial charge in [0.25, 0.3) is 0 Å². The highest BCUT2D eigenvalue weighted by atomic mass is 16.1. The molecule has 2 heteroatoms. The van der Waals surface area contributed by atoms with Gasteiger partial charge in [-0.05, 0) is 43.9 Å². The predicted octanol–water partition coefficient (Wildman–Crippen LogP) is 1.99. The smallest absolute Gasteiger partial charge is 0.136 e. The van der Waals surface area contributed by atoms with E-state index in [1.54, 1.807) is 19.3 Å². The molecule has 68 valence electrons. The Morgan fingerprint density at radius 2 is 2.08 bits per heavy atom. The molecule has 0 spiro atoms. The summed E-state index contributed by atoms with van der Waals surface area (Å²) in [5, 5.41) is 0. The number of rotatable bonds is 3. The maximum atomic E-state index is 11.3. The van der Waals surface area contributed by atoms with Crippen molar-refractivity contribution < 1.29 is 4.79 Å². The molecule has 0 unspecified atom stereocenters. The maximum absolute atomic E-state index is 11.3. The summed E-state index contributed by atoms with van der Waals surface area (Å²) in [6.07, 6.45) is 6.58. The Labute approximate surface area is 78.0 Å². The fourth-order valence-electron chi connectivity index (χ4n) is 1.70. The number of aromatic nitrogens is 1. The summed E-state index contributed by atoms with van der Waals surface area (Å²) in [4.78, 5) is 15.3. The lowest BCUT2D eigenvalue weighted by Gasteiger charge is -2.10. The second-order valence-corrected chi connectivity index (χ2v) is 3.87. The van der Waals surface area contributed by atoms with Crippen molar-refractivity contribution in [2.75, 3.05) is 0 Å². The molecule has 2 rings (SSSR count). The van der Waals surface area contributed by atoms with Crippen molar-refractivity contribution in [3.63, 3.8) is 0 Å². The molecule has 2 nitrogen and oxygen atoms in total. The number of hydrogen-bond donors (Lipinski definition) is 0. The first-order valence-corrected chi connectivity index (χ1v) is 4.63. The molecule has 1 fully saturated rings. The lowest BCUT2D eigenvalue weighted by Crippen LogP contribution is -2.14. The van der Waals surface area contributed by atoms with E-state index in [-0.39, 0.29) is 5.41 Å². The third-order valence-corrected chi connectivity index (χ3v) is 2.89. The Hall–Kier alpha value is -1.18. The molecular formula is C11H13NO. The van der Waals surface area contributed by atoms with Crippen LogP contribution in [0.4, 0.5) is 0 Å². The average Bonchev–Trinajstić information content (AvgIpc) is 2.87. The monoisotopic (exact) mass is 175 g/mol. The van der Waals surface area contributed by atoms with Crippen LogP contribution in [-0.4, -0.2) is 10.8 Å². The minimum atomic E-state index is -0.0125. The maximum Gasteiger partial charge on any atom is 0.136 e. The summed E-state index contributed by atoms with van der Waals surface area (Å²) in [6.45, 7) is 1.70. The van der Waals surface area contributed by atoms with Crippen LogP contribution in [0.25, 0.3) is 0 Å². The summed E-state index contributed by atoms with van der Waals surface area (Å²) in [7, 11) is 0. The van der Waals surface area contributed by atoms with Crippen molar-refractivity contribution in [1.29, 1.82) is 0 Å². The fraction of sp³-hybridized carbons (Fsp3) is 0.455. The first-order valence-electron chi connectivity index (χ1n) is 4.63. The average molecular weight is 175 g/mol. The first kappa shape index (κ1) is 8.42. The lowest BCUT2D eigenvalue weighted by atomic mass is 9.93. The van der Waals surface area contributed by atoms with Gasteiger partial charge in [-0.15, -0.1) is 0 Å². The van der Waals surface area contributed by atoms with E-state index in [0.717, 1.165) is 19.3 Å². The van der Waals surface area contributed by atoms with Gasteiger partial charge < -0.3 is 0 Å². The Bertz CT molecular complexity index is 314. The number of carbonyl (C=O) groups excluding carboxylic acids is 1. The number of hydrogen-bond acceptors (Lipinski definition) is 2. The van der Waals surface area contributed by atoms with Gasteiger partial charge in [-0.3, -0.25) is 9.78 Å². The van der Waals surface area contributed by atoms with Gasteiger partial charge in [-0.1, -0.05) is 0 Å². The van der Waals surface area contributed by atoms with Gasteiger partial charge in [0.2, 0.25) is 0 Å². The highest BCUT2D eigenvalue weighted by Gasteiger charge is 2.46. The van der Waals surface area contributed by atoms with E-state index < -0.39 is 0 Å². The van der Waals surface area contributed by atoms with E-state index in [1.807, 2.05) is 12.1 Å². The Balaban J connectivity index is 2.11. The topological polar surface area (TPSA) is 30.0 Å². The van der Waals surface area contributed by atoms with E-state index in [1.165, 1.54) is 5.56 Å². The minimum absolute atomic E-state index is 0.0125. The van der Waals surface area contributed by atoms with Crippen LogP contribution >= 0.6 is 0 Å². The second kappa shape index (κ2) is 2.95. The van der Waals surface area contributed by atoms with Crippen molar-refractivity contribution in [2.45, 2.75) is 26.2 Å². The summed E-state index contributed by atoms with van der Waals surface area (Å²) in [6, 6.07) is 3.98. The molecule has 0 N–H and O–H groups in total. The van der Waals surface area contributed by atoms with E-state index in [4.69, 9.17) is 0 Å². The first-order chi connectivity index (χ1) is 6.23. The highest BCUT2D eigenvalue weighted by Crippen LogP contribution is 2.48. The zero-order valence-corrected chi connectivity index (χ0v) is 7.79. The number of pyridine rings is 1. The molecule has 1 saturated carbocycles. The van der Waals surface area contributed by atoms with Crippen molar-refractivity contribution >= 4 is 5.78 Å². The zero-order valence-electron chi connectivity index (χ0n) is 7.79. The Morgan fingerprint density at radius 3 is 2.54 bits per heavy atom. The van der Waals surface area contributed by atoms with Gasteiger partial charge in [0.1, 0.15) is 5.78 Å². The summed E-state index contributed by atoms with van der Waals surface area (Å²) >= 11 is 0. The van der Waals surface area contributed by atoms with Crippen LogP contribution in [0.3, 0.4) is 0 Å². The van der Waals surface area contributed by atoms with Crippen LogP contribution in [0, 0.1) is 5.41 Å². The zero-order chi connectivity index (χ0) is 9.31. The van der Waals surface area contributed by atoms with E-state index in [2.05, 4.69) is 4.98 Å². The van der Waals surface area contributed by atoms with Crippen molar-refractivity contribution in [1.82, 2.24) is 4.98 Å². The van der Waals surface area contributed by atoms with Gasteiger partial charge >= 0.3 is 0 Å². The summed E-state index contributed by atoms with van der Waals surface area (Å²) in [5.41, 5.74) is 1.21. The van der Waals surface area contributed by atoms with Crippen molar-refractivity contribution in [3.05, 3.63) is 30.1 Å². The molecule has 0 amide bonds. The normalized spacial score (nSPS) is 18.2. The van der Waals surface area contributed by atoms with Crippen molar-refractivity contribution in [2.24, 2.45) is 5.41 Å². The molecule has 13 heavy (non-hydrogen) atoms. The Kier molecular flexibility index (Phi) is 1.91. The third-order valence-electron chi connectivity index (χ3n) is 2.89. The molecular weight excluding hydrogens is 162 g/mol. The van der Waals surface area contributed by atoms with E-state index in [0.29, 0.717) is 5.78 Å². The molecule has 1 aliphatic rings. The molecule has 0 atom stereocenters. The number of carbonyl (C=O) groups is 1. The SMILES string of the molecule is CC(=O)C1(Cc2ccncc2)CC1. The summed E-state index contributed by atoms with van der Waals surface area (Å²) < 4.78 is 0. The summed E-state index contributed by atoms with van der Waals surface area (Å²) in [5.74, 6) is 0.337. The molecule has 1 aliphatic carbocycles. The Morgan fingerprint density at radius 1 is 1.46 bits per heavy atom. The largest absolute Gasteiger partial charge is 0.299 e. The fourth-order valence-corrected chi connectivity index (χ4v) is 1.70. The molecule has 0 aromatic carbocycles. The highest BCUT2D eigenvalue weighted by molar-refractivity contribution is 5.85. The molecule has 0 radical (unpaired) electrons. The van der Waals surface area contributed by atoms with Gasteiger partial charge in [0.05, 0.1) is 0 Å². The second-order valence-electron chi connectivity index (χ2n) is 3.87. The van der Waals surface area contributed by atoms with Crippen LogP contribution in [-0.2, 0) is 11.2 Å². The van der Waals surface area contributed by atoms with Gasteiger partial charge in [-0.25, -0.2) is 0 Å². The van der Waals surface area contributed by atoms with Crippen LogP contribution < -0.4 is 0 Å². The number of ketones is 1. The third kappa shape index (κ3) is 1.62. The molecule has 0 saturated heterocycles. The number of nitrogens with zero attached hydrogens (tertiary/aromatic N) is 1. The van der Waals surface area contributed by atoms with Gasteiger partial charge in [0.15, 0.2) is 0 Å². The molecule has 0 aliphatic heterocycles. The van der Waals surface area contributed by atoms with E-state index >= 15 is 0 Å². The molecule has 0 bridgehead atoms. The van der Waals surface area contributed by atoms with Crippen LogP contribution in [0.5, 0.6) is 0 Å². The predicted molar refractivity (Wildman–Crippen MR) is 50.3 cm³/mol. The van der Waals surface area contributed by atoms with Gasteiger partial charge in [0, 0.05) is 17.8 Å². The van der Waals surface area contributed by atoms with Crippen LogP contribution in [0.15, 0.2) is 24.5 Å². The molecule has 1 aromatic heterocycles. The quantitative estimate of drug-likeness (QED) is 0.703. The van der Waals surface area contributed by atoms with Crippen molar-refractivity contribution in [3.8, 4) is 0 Å². The minimum Gasteiger partial charge on any atom is -0.299 e. The van der Waals surface area contributed by atoms with Crippen LogP contribution in [0.1, 0.15) is 25.3 Å². The number of Topliss-reactive ketones (excluding diaryl/α,β-unsaturated/α-hetero) is 1. The van der Waals surface area contributed by atoms with E-state index in [9.17, 15) is 4.79 Å². The molecule has 1 heterocycles.